The SMILES string of the molecule is CSC1NC(=S)C(F)=CN1C(C)C. The Morgan fingerprint density at radius 1 is 1.69 bits per heavy atom. The lowest BCUT2D eigenvalue weighted by Gasteiger charge is -2.36. The van der Waals surface area contributed by atoms with Gasteiger partial charge in [0.15, 0.2) is 5.83 Å². The molecule has 0 saturated carbocycles. The van der Waals surface area contributed by atoms with E-state index in [1.54, 1.807) is 11.8 Å². The predicted octanol–water partition coefficient (Wildman–Crippen LogP) is 2.08. The highest BCUT2D eigenvalue weighted by atomic mass is 32.2. The first-order valence-corrected chi connectivity index (χ1v) is 5.74. The Balaban J connectivity index is 2.85. The summed E-state index contributed by atoms with van der Waals surface area (Å²) in [6.45, 7) is 4.03. The molecule has 0 aliphatic carbocycles. The fourth-order valence-corrected chi connectivity index (χ4v) is 2.14. The van der Waals surface area contributed by atoms with Gasteiger partial charge in [-0.05, 0) is 20.1 Å². The summed E-state index contributed by atoms with van der Waals surface area (Å²) < 4.78 is 13.1. The van der Waals surface area contributed by atoms with Gasteiger partial charge in [-0.15, -0.1) is 11.8 Å². The molecule has 1 heterocycles. The first-order chi connectivity index (χ1) is 6.06. The molecule has 1 unspecified atom stereocenters. The summed E-state index contributed by atoms with van der Waals surface area (Å²) in [5.74, 6) is -0.353. The maximum absolute atomic E-state index is 13.1. The molecule has 0 spiro atoms. The number of thiocarbonyl (C=S) groups is 1. The molecule has 1 rings (SSSR count). The monoisotopic (exact) mass is 220 g/mol. The number of nitrogens with one attached hydrogen (secondary N) is 1. The second kappa shape index (κ2) is 4.28. The zero-order valence-electron chi connectivity index (χ0n) is 7.87. The van der Waals surface area contributed by atoms with Gasteiger partial charge in [0, 0.05) is 12.2 Å². The van der Waals surface area contributed by atoms with Crippen LogP contribution in [-0.2, 0) is 0 Å². The smallest absolute Gasteiger partial charge is 0.173 e. The summed E-state index contributed by atoms with van der Waals surface area (Å²) in [5, 5.41) is 2.92. The Morgan fingerprint density at radius 2 is 2.31 bits per heavy atom. The molecular formula is C8H13FN2S2. The highest BCUT2D eigenvalue weighted by molar-refractivity contribution is 7.99. The van der Waals surface area contributed by atoms with Gasteiger partial charge in [0.05, 0.1) is 0 Å². The zero-order chi connectivity index (χ0) is 10.0. The van der Waals surface area contributed by atoms with Gasteiger partial charge in [-0.25, -0.2) is 4.39 Å². The second-order valence-corrected chi connectivity index (χ2v) is 4.41. The summed E-state index contributed by atoms with van der Waals surface area (Å²) in [6.07, 6.45) is 3.44. The van der Waals surface area contributed by atoms with Crippen molar-refractivity contribution >= 4 is 29.0 Å². The molecule has 0 fully saturated rings. The van der Waals surface area contributed by atoms with Gasteiger partial charge in [-0.1, -0.05) is 12.2 Å². The predicted molar refractivity (Wildman–Crippen MR) is 59.2 cm³/mol. The Kier molecular flexibility index (Phi) is 3.55. The molecule has 5 heteroatoms. The molecule has 1 aliphatic heterocycles. The van der Waals surface area contributed by atoms with Gasteiger partial charge in [-0.3, -0.25) is 0 Å². The van der Waals surface area contributed by atoms with Crippen LogP contribution in [0.15, 0.2) is 12.0 Å². The number of hydrogen-bond acceptors (Lipinski definition) is 3. The van der Waals surface area contributed by atoms with Gasteiger partial charge >= 0.3 is 0 Å². The van der Waals surface area contributed by atoms with Crippen LogP contribution in [-0.4, -0.2) is 27.7 Å². The summed E-state index contributed by atoms with van der Waals surface area (Å²) in [5.41, 5.74) is 0.0481. The summed E-state index contributed by atoms with van der Waals surface area (Å²) in [4.78, 5) is 2.12. The van der Waals surface area contributed by atoms with Crippen LogP contribution in [0.4, 0.5) is 4.39 Å². The van der Waals surface area contributed by atoms with E-state index in [2.05, 4.69) is 5.32 Å². The van der Waals surface area contributed by atoms with Crippen molar-refractivity contribution < 1.29 is 4.39 Å². The molecule has 1 aliphatic rings. The van der Waals surface area contributed by atoms with Crippen LogP contribution in [0.1, 0.15) is 13.8 Å². The van der Waals surface area contributed by atoms with E-state index in [4.69, 9.17) is 12.2 Å². The molecule has 1 N–H and O–H groups in total. The highest BCUT2D eigenvalue weighted by Gasteiger charge is 2.25. The van der Waals surface area contributed by atoms with E-state index >= 15 is 0 Å². The van der Waals surface area contributed by atoms with Crippen molar-refractivity contribution in [2.45, 2.75) is 25.4 Å². The van der Waals surface area contributed by atoms with Crippen LogP contribution in [0.3, 0.4) is 0 Å². The van der Waals surface area contributed by atoms with Gasteiger partial charge in [0.25, 0.3) is 0 Å². The van der Waals surface area contributed by atoms with E-state index in [0.717, 1.165) is 0 Å². The molecule has 1 atom stereocenters. The normalized spacial score (nSPS) is 23.2. The van der Waals surface area contributed by atoms with Gasteiger partial charge < -0.3 is 10.2 Å². The fourth-order valence-electron chi connectivity index (χ4n) is 1.11. The lowest BCUT2D eigenvalue weighted by atomic mass is 10.3. The number of thioether (sulfide) groups is 1. The minimum atomic E-state index is -0.353. The maximum atomic E-state index is 13.1. The molecule has 0 saturated heterocycles. The zero-order valence-corrected chi connectivity index (χ0v) is 9.51. The Bertz CT molecular complexity index is 240. The Labute approximate surface area is 87.6 Å². The fraction of sp³-hybridized carbons (Fsp3) is 0.625. The lowest BCUT2D eigenvalue weighted by Crippen LogP contribution is -2.49. The molecule has 74 valence electrons. The topological polar surface area (TPSA) is 15.3 Å². The molecule has 2 nitrogen and oxygen atoms in total. The molecule has 0 radical (unpaired) electrons. The second-order valence-electron chi connectivity index (χ2n) is 3.08. The van der Waals surface area contributed by atoms with Crippen molar-refractivity contribution in [2.75, 3.05) is 6.26 Å². The van der Waals surface area contributed by atoms with Gasteiger partial charge in [-0.2, -0.15) is 0 Å². The van der Waals surface area contributed by atoms with Crippen molar-refractivity contribution in [3.63, 3.8) is 0 Å². The summed E-state index contributed by atoms with van der Waals surface area (Å²) in [7, 11) is 0. The quantitative estimate of drug-likeness (QED) is 0.716. The largest absolute Gasteiger partial charge is 0.345 e. The van der Waals surface area contributed by atoms with Crippen LogP contribution in [0.5, 0.6) is 0 Å². The third kappa shape index (κ3) is 2.34. The van der Waals surface area contributed by atoms with E-state index in [0.29, 0.717) is 0 Å². The average molecular weight is 220 g/mol. The van der Waals surface area contributed by atoms with Crippen LogP contribution in [0, 0.1) is 0 Å². The molecule has 0 aromatic rings. The third-order valence-corrected chi connectivity index (χ3v) is 2.94. The highest BCUT2D eigenvalue weighted by Crippen LogP contribution is 2.20. The van der Waals surface area contributed by atoms with E-state index in [1.807, 2.05) is 25.0 Å². The number of hydrogen-bond donors (Lipinski definition) is 1. The summed E-state index contributed by atoms with van der Waals surface area (Å²) >= 11 is 6.42. The molecule has 0 aromatic heterocycles. The average Bonchev–Trinajstić information content (AvgIpc) is 2.08. The third-order valence-electron chi connectivity index (χ3n) is 1.82. The minimum Gasteiger partial charge on any atom is -0.345 e. The van der Waals surface area contributed by atoms with Gasteiger partial charge in [0.2, 0.25) is 0 Å². The van der Waals surface area contributed by atoms with Crippen molar-refractivity contribution in [3.05, 3.63) is 12.0 Å². The van der Waals surface area contributed by atoms with E-state index in [-0.39, 0.29) is 22.4 Å². The van der Waals surface area contributed by atoms with Crippen LogP contribution >= 0.6 is 24.0 Å². The van der Waals surface area contributed by atoms with Crippen molar-refractivity contribution in [2.24, 2.45) is 0 Å². The number of rotatable bonds is 2. The molecule has 13 heavy (non-hydrogen) atoms. The molecule has 0 bridgehead atoms. The lowest BCUT2D eigenvalue weighted by molar-refractivity contribution is 0.267. The minimum absolute atomic E-state index is 0.0481. The number of nitrogens with zero attached hydrogens (tertiary/aromatic N) is 1. The van der Waals surface area contributed by atoms with Gasteiger partial charge in [0.1, 0.15) is 10.5 Å². The first-order valence-electron chi connectivity index (χ1n) is 4.04. The van der Waals surface area contributed by atoms with E-state index in [1.165, 1.54) is 6.20 Å². The maximum Gasteiger partial charge on any atom is 0.173 e. The summed E-state index contributed by atoms with van der Waals surface area (Å²) in [6, 6.07) is 0.263. The van der Waals surface area contributed by atoms with Crippen LogP contribution in [0.2, 0.25) is 0 Å². The Morgan fingerprint density at radius 3 is 2.77 bits per heavy atom. The molecule has 0 aromatic carbocycles. The Hall–Kier alpha value is -0.290. The standard InChI is InChI=1S/C8H13FN2S2/c1-5(2)11-4-6(9)7(12)10-8(11)13-3/h4-5,8H,1-3H3,(H,10,12). The molecule has 0 amide bonds. The number of halogens is 1. The van der Waals surface area contributed by atoms with E-state index < -0.39 is 0 Å². The van der Waals surface area contributed by atoms with Crippen LogP contribution in [0.25, 0.3) is 0 Å². The first kappa shape index (κ1) is 10.8. The van der Waals surface area contributed by atoms with Crippen LogP contribution < -0.4 is 5.32 Å². The van der Waals surface area contributed by atoms with E-state index in [9.17, 15) is 4.39 Å². The van der Waals surface area contributed by atoms with Crippen molar-refractivity contribution in [1.29, 1.82) is 0 Å². The van der Waals surface area contributed by atoms with Crippen molar-refractivity contribution in [3.8, 4) is 0 Å². The molecular weight excluding hydrogens is 207 g/mol. The van der Waals surface area contributed by atoms with Crippen molar-refractivity contribution in [1.82, 2.24) is 10.2 Å².